The van der Waals surface area contributed by atoms with Crippen molar-refractivity contribution in [2.24, 2.45) is 0 Å². The first-order valence-electron chi connectivity index (χ1n) is 7.59. The average molecular weight is 415 g/mol. The largest absolute Gasteiger partial charge is 0.483 e. The summed E-state index contributed by atoms with van der Waals surface area (Å²) >= 11 is 8.51. The van der Waals surface area contributed by atoms with Crippen LogP contribution in [0.5, 0.6) is 5.75 Å². The molecular weight excluding hydrogens is 400 g/mol. The first-order chi connectivity index (χ1) is 12.1. The lowest BCUT2D eigenvalue weighted by Crippen LogP contribution is -2.37. The van der Waals surface area contributed by atoms with Gasteiger partial charge in [-0.25, -0.2) is 0 Å². The van der Waals surface area contributed by atoms with Crippen LogP contribution in [-0.4, -0.2) is 17.6 Å². The number of fused-ring (bicyclic) bond motifs is 1. The monoisotopic (exact) mass is 414 g/mol. The normalized spacial score (nSPS) is 10.3. The Morgan fingerprint density at radius 3 is 2.52 bits per heavy atom. The highest BCUT2D eigenvalue weighted by atomic mass is 79.9. The molecule has 0 saturated carbocycles. The summed E-state index contributed by atoms with van der Waals surface area (Å²) in [6.45, 7) is -0.115. The van der Waals surface area contributed by atoms with E-state index in [1.807, 2.05) is 66.7 Å². The molecule has 2 N–H and O–H groups in total. The zero-order valence-corrected chi connectivity index (χ0v) is 15.6. The molecule has 0 saturated heterocycles. The number of ether oxygens (including phenoxy) is 1. The molecule has 3 rings (SSSR count). The van der Waals surface area contributed by atoms with Crippen molar-refractivity contribution in [2.45, 2.75) is 0 Å². The van der Waals surface area contributed by atoms with Crippen LogP contribution in [0.1, 0.15) is 0 Å². The summed E-state index contributed by atoms with van der Waals surface area (Å²) in [7, 11) is 0. The Kier molecular flexibility index (Phi) is 5.63. The highest BCUT2D eigenvalue weighted by Gasteiger charge is 2.08. The van der Waals surface area contributed by atoms with Gasteiger partial charge in [0.15, 0.2) is 11.7 Å². The summed E-state index contributed by atoms with van der Waals surface area (Å²) in [5.74, 6) is 0.350. The van der Waals surface area contributed by atoms with Gasteiger partial charge in [0.25, 0.3) is 5.91 Å². The van der Waals surface area contributed by atoms with Gasteiger partial charge in [-0.1, -0.05) is 52.3 Å². The van der Waals surface area contributed by atoms with E-state index in [4.69, 9.17) is 17.0 Å². The van der Waals surface area contributed by atoms with Crippen molar-refractivity contribution in [1.29, 1.82) is 0 Å². The number of carbonyl (C=O) groups is 1. The molecule has 1 amide bonds. The molecule has 0 aliphatic heterocycles. The van der Waals surface area contributed by atoms with E-state index in [2.05, 4.69) is 26.6 Å². The van der Waals surface area contributed by atoms with Crippen molar-refractivity contribution in [3.05, 3.63) is 71.2 Å². The van der Waals surface area contributed by atoms with Gasteiger partial charge >= 0.3 is 0 Å². The zero-order valence-electron chi connectivity index (χ0n) is 13.2. The maximum atomic E-state index is 12.0. The fraction of sp³-hybridized carbons (Fsp3) is 0.0526. The van der Waals surface area contributed by atoms with Crippen molar-refractivity contribution in [2.75, 3.05) is 11.9 Å². The number of rotatable bonds is 4. The first-order valence-corrected chi connectivity index (χ1v) is 8.79. The van der Waals surface area contributed by atoms with Gasteiger partial charge in [-0.2, -0.15) is 0 Å². The van der Waals surface area contributed by atoms with Gasteiger partial charge < -0.3 is 10.1 Å². The minimum absolute atomic E-state index is 0.115. The molecule has 6 heteroatoms. The Morgan fingerprint density at radius 2 is 1.72 bits per heavy atom. The molecule has 0 spiro atoms. The second-order valence-corrected chi connectivity index (χ2v) is 6.60. The molecule has 3 aromatic carbocycles. The number of hydrogen-bond acceptors (Lipinski definition) is 3. The third kappa shape index (κ3) is 4.78. The van der Waals surface area contributed by atoms with E-state index in [1.54, 1.807) is 0 Å². The summed E-state index contributed by atoms with van der Waals surface area (Å²) < 4.78 is 6.61. The standard InChI is InChI=1S/C19H15BrN2O2S/c20-14-8-10-15(11-9-14)21-19(25)22-18(23)12-24-17-7-3-5-13-4-1-2-6-16(13)17/h1-11H,12H2,(H2,21,22,23,25). The van der Waals surface area contributed by atoms with Gasteiger partial charge in [0.2, 0.25) is 0 Å². The van der Waals surface area contributed by atoms with Gasteiger partial charge in [-0.15, -0.1) is 0 Å². The molecular formula is C19H15BrN2O2S. The lowest BCUT2D eigenvalue weighted by molar-refractivity contribution is -0.121. The predicted molar refractivity (Wildman–Crippen MR) is 108 cm³/mol. The quantitative estimate of drug-likeness (QED) is 0.617. The van der Waals surface area contributed by atoms with E-state index in [0.717, 1.165) is 20.9 Å². The predicted octanol–water partition coefficient (Wildman–Crippen LogP) is 4.49. The molecule has 0 atom stereocenters. The van der Waals surface area contributed by atoms with Crippen LogP contribution in [0.4, 0.5) is 5.69 Å². The van der Waals surface area contributed by atoms with Crippen molar-refractivity contribution < 1.29 is 9.53 Å². The van der Waals surface area contributed by atoms with E-state index in [9.17, 15) is 4.79 Å². The van der Waals surface area contributed by atoms with Gasteiger partial charge in [-0.05, 0) is 47.9 Å². The van der Waals surface area contributed by atoms with Crippen LogP contribution in [-0.2, 0) is 4.79 Å². The minimum atomic E-state index is -0.317. The smallest absolute Gasteiger partial charge is 0.264 e. The van der Waals surface area contributed by atoms with Gasteiger partial charge in [-0.3, -0.25) is 10.1 Å². The average Bonchev–Trinajstić information content (AvgIpc) is 2.62. The number of nitrogens with one attached hydrogen (secondary N) is 2. The molecule has 0 aliphatic carbocycles. The molecule has 3 aromatic rings. The van der Waals surface area contributed by atoms with Gasteiger partial charge in [0.1, 0.15) is 5.75 Å². The number of amides is 1. The summed E-state index contributed by atoms with van der Waals surface area (Å²) in [5.41, 5.74) is 0.795. The number of carbonyl (C=O) groups excluding carboxylic acids is 1. The van der Waals surface area contributed by atoms with Crippen molar-refractivity contribution >= 4 is 55.6 Å². The molecule has 0 fully saturated rings. The molecule has 126 valence electrons. The Labute approximate surface area is 159 Å². The maximum Gasteiger partial charge on any atom is 0.264 e. The maximum absolute atomic E-state index is 12.0. The molecule has 0 bridgehead atoms. The van der Waals surface area contributed by atoms with Crippen LogP contribution >= 0.6 is 28.1 Å². The van der Waals surface area contributed by atoms with Crippen LogP contribution in [0.25, 0.3) is 10.8 Å². The summed E-state index contributed by atoms with van der Waals surface area (Å²) in [5, 5.41) is 7.82. The zero-order chi connectivity index (χ0) is 17.6. The molecule has 0 unspecified atom stereocenters. The van der Waals surface area contributed by atoms with Crippen LogP contribution in [0.15, 0.2) is 71.2 Å². The van der Waals surface area contributed by atoms with E-state index >= 15 is 0 Å². The minimum Gasteiger partial charge on any atom is -0.483 e. The first kappa shape index (κ1) is 17.4. The number of benzene rings is 3. The van der Waals surface area contributed by atoms with Crippen LogP contribution in [0.3, 0.4) is 0 Å². The topological polar surface area (TPSA) is 50.4 Å². The molecule has 0 heterocycles. The Hall–Kier alpha value is -2.44. The van der Waals surface area contributed by atoms with Crippen molar-refractivity contribution in [3.8, 4) is 5.75 Å². The van der Waals surface area contributed by atoms with Crippen LogP contribution in [0, 0.1) is 0 Å². The number of halogens is 1. The second kappa shape index (κ2) is 8.09. The van der Waals surface area contributed by atoms with E-state index < -0.39 is 0 Å². The Balaban J connectivity index is 1.55. The van der Waals surface area contributed by atoms with E-state index in [-0.39, 0.29) is 17.6 Å². The van der Waals surface area contributed by atoms with Crippen LogP contribution < -0.4 is 15.4 Å². The van der Waals surface area contributed by atoms with Crippen molar-refractivity contribution in [1.82, 2.24) is 5.32 Å². The Morgan fingerprint density at radius 1 is 1.00 bits per heavy atom. The van der Waals surface area contributed by atoms with Crippen LogP contribution in [0.2, 0.25) is 0 Å². The summed E-state index contributed by atoms with van der Waals surface area (Å²) in [4.78, 5) is 12.0. The van der Waals surface area contributed by atoms with Gasteiger partial charge in [0.05, 0.1) is 0 Å². The molecule has 4 nitrogen and oxygen atoms in total. The molecule has 0 aliphatic rings. The summed E-state index contributed by atoms with van der Waals surface area (Å²) in [6.07, 6.45) is 0. The summed E-state index contributed by atoms with van der Waals surface area (Å²) in [6, 6.07) is 21.1. The highest BCUT2D eigenvalue weighted by Crippen LogP contribution is 2.24. The second-order valence-electron chi connectivity index (χ2n) is 5.28. The SMILES string of the molecule is O=C(COc1cccc2ccccc12)NC(=S)Nc1ccc(Br)cc1. The molecule has 0 aromatic heterocycles. The number of thiocarbonyl (C=S) groups is 1. The third-order valence-electron chi connectivity index (χ3n) is 3.46. The lowest BCUT2D eigenvalue weighted by Gasteiger charge is -2.11. The van der Waals surface area contributed by atoms with Gasteiger partial charge in [0, 0.05) is 15.5 Å². The fourth-order valence-electron chi connectivity index (χ4n) is 2.32. The molecule has 0 radical (unpaired) electrons. The highest BCUT2D eigenvalue weighted by molar-refractivity contribution is 9.10. The number of hydrogen-bond donors (Lipinski definition) is 2. The van der Waals surface area contributed by atoms with E-state index in [0.29, 0.717) is 5.75 Å². The van der Waals surface area contributed by atoms with E-state index in [1.165, 1.54) is 0 Å². The third-order valence-corrected chi connectivity index (χ3v) is 4.20. The Bertz CT molecular complexity index is 907. The fourth-order valence-corrected chi connectivity index (χ4v) is 2.82. The number of anilines is 1. The lowest BCUT2D eigenvalue weighted by atomic mass is 10.1. The van der Waals surface area contributed by atoms with Crippen molar-refractivity contribution in [3.63, 3.8) is 0 Å². The molecule has 25 heavy (non-hydrogen) atoms.